The molecule has 0 saturated heterocycles. The largest absolute Gasteiger partial charge is 0.493 e. The van der Waals surface area contributed by atoms with E-state index in [-0.39, 0.29) is 11.8 Å². The van der Waals surface area contributed by atoms with Gasteiger partial charge in [-0.05, 0) is 43.0 Å². The van der Waals surface area contributed by atoms with E-state index in [1.54, 1.807) is 18.2 Å². The first-order valence-electron chi connectivity index (χ1n) is 8.10. The van der Waals surface area contributed by atoms with Gasteiger partial charge in [0.15, 0.2) is 0 Å². The van der Waals surface area contributed by atoms with Gasteiger partial charge in [-0.1, -0.05) is 36.4 Å². The maximum Gasteiger partial charge on any atom is 0.314 e. The van der Waals surface area contributed by atoms with Crippen LogP contribution in [0.2, 0.25) is 0 Å². The molecule has 5 heteroatoms. The van der Waals surface area contributed by atoms with Crippen LogP contribution in [0.5, 0.6) is 5.75 Å². The summed E-state index contributed by atoms with van der Waals surface area (Å²) in [5.74, 6) is 0.625. The quantitative estimate of drug-likeness (QED) is 0.729. The molecule has 0 saturated carbocycles. The molecular weight excluding hydrogens is 307 g/mol. The van der Waals surface area contributed by atoms with Crippen LogP contribution in [0.3, 0.4) is 0 Å². The zero-order valence-corrected chi connectivity index (χ0v) is 13.8. The van der Waals surface area contributed by atoms with Crippen LogP contribution in [-0.4, -0.2) is 25.7 Å². The lowest BCUT2D eigenvalue weighted by Gasteiger charge is -2.10. The van der Waals surface area contributed by atoms with Crippen molar-refractivity contribution in [3.8, 4) is 5.75 Å². The van der Waals surface area contributed by atoms with Crippen molar-refractivity contribution >= 4 is 6.03 Å². The highest BCUT2D eigenvalue weighted by molar-refractivity contribution is 5.73. The first-order valence-corrected chi connectivity index (χ1v) is 8.10. The number of ether oxygens (including phenoxy) is 1. The second-order valence-corrected chi connectivity index (χ2v) is 5.49. The molecule has 2 aromatic carbocycles. The van der Waals surface area contributed by atoms with Gasteiger partial charge in [0.1, 0.15) is 11.6 Å². The third-order valence-corrected chi connectivity index (χ3v) is 3.60. The van der Waals surface area contributed by atoms with Crippen LogP contribution in [0.15, 0.2) is 48.5 Å². The molecule has 0 atom stereocenters. The minimum atomic E-state index is -0.248. The molecule has 4 nitrogen and oxygen atoms in total. The molecule has 128 valence electrons. The molecule has 0 unspecified atom stereocenters. The fraction of sp³-hybridized carbons (Fsp3) is 0.316. The molecule has 24 heavy (non-hydrogen) atoms. The van der Waals surface area contributed by atoms with Crippen LogP contribution in [0.4, 0.5) is 9.18 Å². The number of hydrogen-bond acceptors (Lipinski definition) is 2. The van der Waals surface area contributed by atoms with Crippen molar-refractivity contribution in [3.63, 3.8) is 0 Å². The fourth-order valence-corrected chi connectivity index (χ4v) is 2.25. The monoisotopic (exact) mass is 330 g/mol. The summed E-state index contributed by atoms with van der Waals surface area (Å²) < 4.78 is 19.1. The minimum Gasteiger partial charge on any atom is -0.493 e. The average Bonchev–Trinajstić information content (AvgIpc) is 2.58. The van der Waals surface area contributed by atoms with Gasteiger partial charge in [-0.15, -0.1) is 0 Å². The summed E-state index contributed by atoms with van der Waals surface area (Å²) in [5, 5.41) is 5.48. The van der Waals surface area contributed by atoms with E-state index in [9.17, 15) is 9.18 Å². The third kappa shape index (κ3) is 5.91. The number of aryl methyl sites for hydroxylation is 1. The highest BCUT2D eigenvalue weighted by Gasteiger charge is 2.03. The van der Waals surface area contributed by atoms with Crippen LogP contribution in [-0.2, 0) is 6.42 Å². The smallest absolute Gasteiger partial charge is 0.314 e. The molecule has 0 aliphatic heterocycles. The minimum absolute atomic E-state index is 0.243. The van der Waals surface area contributed by atoms with Gasteiger partial charge in [-0.2, -0.15) is 0 Å². The molecule has 2 rings (SSSR count). The van der Waals surface area contributed by atoms with E-state index < -0.39 is 0 Å². The number of urea groups is 1. The Labute approximate surface area is 142 Å². The predicted octanol–water partition coefficient (Wildman–Crippen LogP) is 3.44. The summed E-state index contributed by atoms with van der Waals surface area (Å²) in [7, 11) is 0. The van der Waals surface area contributed by atoms with Crippen molar-refractivity contribution in [3.05, 3.63) is 65.5 Å². The number of hydrogen-bond donors (Lipinski definition) is 2. The van der Waals surface area contributed by atoms with Gasteiger partial charge in [-0.3, -0.25) is 0 Å². The lowest BCUT2D eigenvalue weighted by Crippen LogP contribution is -2.37. The SMILES string of the molecule is Cc1ccccc1OCCCNC(=O)NCCc1ccccc1F. The topological polar surface area (TPSA) is 50.4 Å². The Morgan fingerprint density at radius 2 is 1.75 bits per heavy atom. The maximum atomic E-state index is 13.4. The van der Waals surface area contributed by atoms with Crippen molar-refractivity contribution in [1.82, 2.24) is 10.6 Å². The summed E-state index contributed by atoms with van der Waals surface area (Å²) in [6, 6.07) is 14.2. The molecular formula is C19H23FN2O2. The fourth-order valence-electron chi connectivity index (χ4n) is 2.25. The normalized spacial score (nSPS) is 10.2. The Balaban J connectivity index is 1.55. The van der Waals surface area contributed by atoms with E-state index in [1.807, 2.05) is 31.2 Å². The standard InChI is InChI=1S/C19H23FN2O2/c1-15-7-2-5-10-18(15)24-14-6-12-21-19(23)22-13-11-16-8-3-4-9-17(16)20/h2-5,7-10H,6,11-14H2,1H3,(H2,21,22,23). The van der Waals surface area contributed by atoms with Crippen LogP contribution in [0.1, 0.15) is 17.5 Å². The van der Waals surface area contributed by atoms with E-state index in [0.29, 0.717) is 31.7 Å². The second-order valence-electron chi connectivity index (χ2n) is 5.49. The first-order chi connectivity index (χ1) is 11.7. The number of carbonyl (C=O) groups is 1. The molecule has 0 fully saturated rings. The van der Waals surface area contributed by atoms with E-state index >= 15 is 0 Å². The molecule has 0 aliphatic carbocycles. The van der Waals surface area contributed by atoms with Crippen molar-refractivity contribution < 1.29 is 13.9 Å². The Morgan fingerprint density at radius 1 is 1.04 bits per heavy atom. The molecule has 0 bridgehead atoms. The third-order valence-electron chi connectivity index (χ3n) is 3.60. The van der Waals surface area contributed by atoms with Gasteiger partial charge in [0, 0.05) is 13.1 Å². The van der Waals surface area contributed by atoms with Crippen LogP contribution >= 0.6 is 0 Å². The number of nitrogens with one attached hydrogen (secondary N) is 2. The molecule has 2 amide bonds. The van der Waals surface area contributed by atoms with Gasteiger partial charge >= 0.3 is 6.03 Å². The van der Waals surface area contributed by atoms with Crippen molar-refractivity contribution in [2.45, 2.75) is 19.8 Å². The Hall–Kier alpha value is -2.56. The number of carbonyl (C=O) groups excluding carboxylic acids is 1. The van der Waals surface area contributed by atoms with E-state index in [1.165, 1.54) is 6.07 Å². The molecule has 0 aromatic heterocycles. The number of benzene rings is 2. The van der Waals surface area contributed by atoms with Crippen molar-refractivity contribution in [2.75, 3.05) is 19.7 Å². The highest BCUT2D eigenvalue weighted by Crippen LogP contribution is 2.15. The lowest BCUT2D eigenvalue weighted by atomic mass is 10.1. The van der Waals surface area contributed by atoms with Crippen molar-refractivity contribution in [2.24, 2.45) is 0 Å². The summed E-state index contributed by atoms with van der Waals surface area (Å²) in [6.45, 7) is 3.46. The number of rotatable bonds is 8. The van der Waals surface area contributed by atoms with Crippen LogP contribution in [0.25, 0.3) is 0 Å². The van der Waals surface area contributed by atoms with Gasteiger partial charge in [0.2, 0.25) is 0 Å². The van der Waals surface area contributed by atoms with Crippen LogP contribution < -0.4 is 15.4 Å². The van der Waals surface area contributed by atoms with Gasteiger partial charge in [0.05, 0.1) is 6.61 Å². The van der Waals surface area contributed by atoms with Crippen molar-refractivity contribution in [1.29, 1.82) is 0 Å². The molecule has 0 spiro atoms. The molecule has 2 N–H and O–H groups in total. The summed E-state index contributed by atoms with van der Waals surface area (Å²) in [6.07, 6.45) is 1.19. The van der Waals surface area contributed by atoms with Gasteiger partial charge in [0.25, 0.3) is 0 Å². The second kappa shape index (κ2) is 9.55. The number of para-hydroxylation sites is 1. The molecule has 0 aliphatic rings. The van der Waals surface area contributed by atoms with E-state index in [0.717, 1.165) is 17.7 Å². The lowest BCUT2D eigenvalue weighted by molar-refractivity contribution is 0.239. The summed E-state index contributed by atoms with van der Waals surface area (Å²) in [5.41, 5.74) is 1.70. The molecule has 0 radical (unpaired) electrons. The van der Waals surface area contributed by atoms with Crippen LogP contribution in [0, 0.1) is 12.7 Å². The molecule has 2 aromatic rings. The molecule has 0 heterocycles. The Kier molecular flexibility index (Phi) is 7.08. The zero-order valence-electron chi connectivity index (χ0n) is 13.8. The van der Waals surface area contributed by atoms with E-state index in [4.69, 9.17) is 4.74 Å². The highest BCUT2D eigenvalue weighted by atomic mass is 19.1. The van der Waals surface area contributed by atoms with E-state index in [2.05, 4.69) is 10.6 Å². The van der Waals surface area contributed by atoms with Gasteiger partial charge < -0.3 is 15.4 Å². The Morgan fingerprint density at radius 3 is 2.54 bits per heavy atom. The first kappa shape index (κ1) is 17.8. The summed E-state index contributed by atoms with van der Waals surface area (Å²) in [4.78, 5) is 11.6. The van der Waals surface area contributed by atoms with Gasteiger partial charge in [-0.25, -0.2) is 9.18 Å². The zero-order chi connectivity index (χ0) is 17.2. The predicted molar refractivity (Wildman–Crippen MR) is 92.8 cm³/mol. The summed E-state index contributed by atoms with van der Waals surface area (Å²) >= 11 is 0. The number of amides is 2. The Bertz CT molecular complexity index is 661. The maximum absolute atomic E-state index is 13.4. The number of halogens is 1. The average molecular weight is 330 g/mol.